The molecule has 0 saturated carbocycles. The zero-order chi connectivity index (χ0) is 22.7. The van der Waals surface area contributed by atoms with Crippen LogP contribution in [0.1, 0.15) is 18.4 Å². The average Bonchev–Trinajstić information content (AvgIpc) is 3.23. The van der Waals surface area contributed by atoms with Crippen molar-refractivity contribution in [3.05, 3.63) is 89.5 Å². The van der Waals surface area contributed by atoms with E-state index in [0.717, 1.165) is 22.4 Å². The fourth-order valence-corrected chi connectivity index (χ4v) is 4.28. The Labute approximate surface area is 187 Å². The predicted molar refractivity (Wildman–Crippen MR) is 125 cm³/mol. The second-order valence-electron chi connectivity index (χ2n) is 7.41. The summed E-state index contributed by atoms with van der Waals surface area (Å²) in [6, 6.07) is 12.2. The third-order valence-corrected chi connectivity index (χ3v) is 6.29. The van der Waals surface area contributed by atoms with E-state index in [-0.39, 0.29) is 0 Å². The first kappa shape index (κ1) is 21.8. The van der Waals surface area contributed by atoms with Crippen molar-refractivity contribution in [1.29, 1.82) is 0 Å². The minimum atomic E-state index is -2.80. The number of anilines is 1. The van der Waals surface area contributed by atoms with Crippen LogP contribution in [-0.2, 0) is 21.2 Å². The Morgan fingerprint density at radius 3 is 2.75 bits per heavy atom. The van der Waals surface area contributed by atoms with Gasteiger partial charge in [-0.3, -0.25) is 0 Å². The van der Waals surface area contributed by atoms with Gasteiger partial charge in [-0.05, 0) is 54.5 Å². The third kappa shape index (κ3) is 4.57. The number of pyridine rings is 1. The second-order valence-corrected chi connectivity index (χ2v) is 9.27. The van der Waals surface area contributed by atoms with Crippen molar-refractivity contribution in [3.8, 4) is 0 Å². The molecule has 164 valence electrons. The van der Waals surface area contributed by atoms with Crippen LogP contribution in [0.4, 0.5) is 5.69 Å². The Hall–Kier alpha value is -3.46. The Balaban J connectivity index is 0.000000207. The summed E-state index contributed by atoms with van der Waals surface area (Å²) in [5.41, 5.74) is 6.05. The molecule has 0 N–H and O–H groups in total. The van der Waals surface area contributed by atoms with E-state index in [4.69, 9.17) is 4.42 Å². The van der Waals surface area contributed by atoms with Crippen molar-refractivity contribution >= 4 is 43.7 Å². The van der Waals surface area contributed by atoms with Crippen LogP contribution in [0.5, 0.6) is 0 Å². The lowest BCUT2D eigenvalue weighted by atomic mass is 10.00. The van der Waals surface area contributed by atoms with Crippen LogP contribution in [0.15, 0.2) is 82.4 Å². The van der Waals surface area contributed by atoms with Crippen LogP contribution in [0, 0.1) is 0 Å². The van der Waals surface area contributed by atoms with E-state index in [1.54, 1.807) is 12.2 Å². The van der Waals surface area contributed by atoms with Crippen LogP contribution in [0.2, 0.25) is 0 Å². The van der Waals surface area contributed by atoms with Crippen LogP contribution in [-0.4, -0.2) is 21.6 Å². The van der Waals surface area contributed by atoms with Gasteiger partial charge < -0.3 is 18.9 Å². The number of fused-ring (bicyclic) bond motifs is 2. The largest absolute Gasteiger partial charge is 0.709 e. The minimum absolute atomic E-state index is 0.621. The molecule has 0 radical (unpaired) electrons. The maximum absolute atomic E-state index is 11.0. The number of aryl methyl sites for hydroxylation is 1. The van der Waals surface area contributed by atoms with Crippen molar-refractivity contribution in [2.75, 3.05) is 11.9 Å². The Morgan fingerprint density at radius 2 is 2.03 bits per heavy atom. The quantitative estimate of drug-likeness (QED) is 0.259. The van der Waals surface area contributed by atoms with Gasteiger partial charge in [-0.15, -0.1) is 0 Å². The van der Waals surface area contributed by atoms with Gasteiger partial charge in [0, 0.05) is 46.3 Å². The average molecular weight is 450 g/mol. The van der Waals surface area contributed by atoms with Gasteiger partial charge >= 0.3 is 11.5 Å². The smallest absolute Gasteiger partial charge is 0.370 e. The lowest BCUT2D eigenvalue weighted by Gasteiger charge is -2.23. The Kier molecular flexibility index (Phi) is 6.09. The summed E-state index contributed by atoms with van der Waals surface area (Å²) in [5, 5.41) is 12.4. The van der Waals surface area contributed by atoms with Crippen molar-refractivity contribution in [2.45, 2.75) is 6.92 Å². The molecule has 0 fully saturated rings. The molecule has 2 aromatic heterocycles. The maximum Gasteiger partial charge on any atom is 0.370 e. The van der Waals surface area contributed by atoms with Gasteiger partial charge in [0.25, 0.3) is 0 Å². The van der Waals surface area contributed by atoms with Gasteiger partial charge in [0.15, 0.2) is 0 Å². The van der Waals surface area contributed by atoms with Gasteiger partial charge in [0.1, 0.15) is 0 Å². The van der Waals surface area contributed by atoms with Crippen LogP contribution >= 0.6 is 0 Å². The maximum atomic E-state index is 11.0. The molecule has 1 unspecified atom stereocenters. The van der Waals surface area contributed by atoms with Crippen LogP contribution in [0.25, 0.3) is 22.9 Å². The lowest BCUT2D eigenvalue weighted by molar-refractivity contribution is -0.646. The predicted octanol–water partition coefficient (Wildman–Crippen LogP) is 2.91. The number of para-hydroxylation sites is 1. The van der Waals surface area contributed by atoms with Crippen LogP contribution in [0.3, 0.4) is 0 Å². The lowest BCUT2D eigenvalue weighted by Crippen LogP contribution is -2.28. The molecule has 0 saturated heterocycles. The number of nitrogens with zero attached hydrogens (tertiary/aromatic N) is 3. The fraction of sp³-hybridized carbons (Fsp3) is 0.125. The fourth-order valence-electron chi connectivity index (χ4n) is 3.29. The van der Waals surface area contributed by atoms with Crippen LogP contribution < -0.4 is 14.7 Å². The van der Waals surface area contributed by atoms with Gasteiger partial charge in [0.2, 0.25) is 5.58 Å². The number of hydrogen-bond acceptors (Lipinski definition) is 6. The van der Waals surface area contributed by atoms with E-state index >= 15 is 0 Å². The Morgan fingerprint density at radius 1 is 1.22 bits per heavy atom. The SMILES string of the molecule is CC1=CC=S(=O)(O[O-])C=C1.CN1C=C/C(=C\c2nc3c(ccc[n+]3C)o2)c2ccccc21. The molecule has 4 heterocycles. The molecule has 7 nitrogen and oxygen atoms in total. The zero-order valence-electron chi connectivity index (χ0n) is 18.0. The molecule has 32 heavy (non-hydrogen) atoms. The molecule has 8 heteroatoms. The molecule has 5 rings (SSSR count). The highest BCUT2D eigenvalue weighted by atomic mass is 32.2. The highest BCUT2D eigenvalue weighted by Gasteiger charge is 2.18. The van der Waals surface area contributed by atoms with Crippen molar-refractivity contribution in [1.82, 2.24) is 4.98 Å². The molecular weight excluding hydrogens is 426 g/mol. The molecule has 0 bridgehead atoms. The molecule has 0 amide bonds. The van der Waals surface area contributed by atoms with E-state index in [9.17, 15) is 9.47 Å². The van der Waals surface area contributed by atoms with E-state index < -0.39 is 9.80 Å². The number of oxazole rings is 1. The van der Waals surface area contributed by atoms with E-state index in [0.29, 0.717) is 5.89 Å². The molecule has 2 aliphatic rings. The van der Waals surface area contributed by atoms with Gasteiger partial charge in [-0.2, -0.15) is 0 Å². The summed E-state index contributed by atoms with van der Waals surface area (Å²) in [7, 11) is 1.21. The summed E-state index contributed by atoms with van der Waals surface area (Å²) >= 11 is 0. The molecule has 0 aliphatic carbocycles. The summed E-state index contributed by atoms with van der Waals surface area (Å²) in [5.74, 6) is 0.621. The number of rotatable bonds is 2. The molecular formula is C24H23N3O4S. The molecule has 0 spiro atoms. The number of aromatic nitrogens is 2. The summed E-state index contributed by atoms with van der Waals surface area (Å²) in [6.07, 6.45) is 11.3. The topological polar surface area (TPSA) is 82.5 Å². The van der Waals surface area contributed by atoms with Gasteiger partial charge in [-0.1, -0.05) is 18.2 Å². The highest BCUT2D eigenvalue weighted by molar-refractivity contribution is 7.99. The summed E-state index contributed by atoms with van der Waals surface area (Å²) in [6.45, 7) is 1.84. The van der Waals surface area contributed by atoms with Crippen molar-refractivity contribution < 1.29 is 22.8 Å². The van der Waals surface area contributed by atoms with E-state index in [2.05, 4.69) is 38.6 Å². The van der Waals surface area contributed by atoms with Gasteiger partial charge in [0.05, 0.1) is 23.0 Å². The van der Waals surface area contributed by atoms with Gasteiger partial charge in [-0.25, -0.2) is 8.78 Å². The highest BCUT2D eigenvalue weighted by Crippen LogP contribution is 2.33. The number of allylic oxidation sites excluding steroid dienone is 5. The van der Waals surface area contributed by atoms with Crippen molar-refractivity contribution in [2.24, 2.45) is 7.05 Å². The zero-order valence-corrected chi connectivity index (χ0v) is 18.8. The normalized spacial score (nSPS) is 20.4. The Bertz CT molecular complexity index is 1410. The first-order valence-corrected chi connectivity index (χ1v) is 11.5. The molecule has 3 aromatic rings. The summed E-state index contributed by atoms with van der Waals surface area (Å²) < 4.78 is 22.3. The number of hydrogen-bond donors (Lipinski definition) is 0. The summed E-state index contributed by atoms with van der Waals surface area (Å²) in [4.78, 5) is 6.68. The molecule has 1 atom stereocenters. The monoisotopic (exact) mass is 449 g/mol. The molecule has 2 aliphatic heterocycles. The standard InChI is InChI=1S/C18H16N3O.C6H8O3S/c1-20-11-9-13(14-6-3-4-7-15(14)20)12-17-19-18-16(22-17)8-5-10-21(18)2;1-6-2-4-10(8,9-7)5-3-6/h3-12H,1-2H3;2-5,7H,1H3/q+1;/p-1. The number of benzene rings is 1. The first-order valence-electron chi connectivity index (χ1n) is 9.91. The van der Waals surface area contributed by atoms with E-state index in [1.165, 1.54) is 22.0 Å². The molecule has 1 aromatic carbocycles. The van der Waals surface area contributed by atoms with E-state index in [1.807, 2.05) is 62.1 Å². The van der Waals surface area contributed by atoms with Crippen molar-refractivity contribution in [3.63, 3.8) is 0 Å². The first-order chi connectivity index (χ1) is 15.4. The minimum Gasteiger partial charge on any atom is -0.709 e. The third-order valence-electron chi connectivity index (χ3n) is 5.04. The second kappa shape index (κ2) is 8.96.